The summed E-state index contributed by atoms with van der Waals surface area (Å²) < 4.78 is 0. The van der Waals surface area contributed by atoms with E-state index in [1.165, 1.54) is 6.92 Å². The van der Waals surface area contributed by atoms with E-state index in [1.807, 2.05) is 6.92 Å². The maximum Gasteiger partial charge on any atom is 0.325 e. The van der Waals surface area contributed by atoms with Gasteiger partial charge in [0, 0.05) is 6.54 Å². The topological polar surface area (TPSA) is 78.4 Å². The molecule has 3 N–H and O–H groups in total. The van der Waals surface area contributed by atoms with Crippen molar-refractivity contribution in [3.05, 3.63) is 0 Å². The molecule has 1 aliphatic heterocycles. The van der Waals surface area contributed by atoms with E-state index in [2.05, 4.69) is 10.6 Å². The molecule has 1 fully saturated rings. The number of rotatable bonds is 3. The lowest BCUT2D eigenvalue weighted by atomic mass is 9.82. The van der Waals surface area contributed by atoms with Crippen molar-refractivity contribution in [1.29, 1.82) is 0 Å². The number of piperidine rings is 1. The zero-order chi connectivity index (χ0) is 11.5. The molecule has 0 aromatic heterocycles. The number of carbonyl (C=O) groups excluding carboxylic acids is 1. The first-order valence-corrected chi connectivity index (χ1v) is 5.20. The molecule has 0 aromatic carbocycles. The van der Waals surface area contributed by atoms with Gasteiger partial charge in [0.25, 0.3) is 0 Å². The largest absolute Gasteiger partial charge is 0.480 e. The molecule has 0 aromatic rings. The molecule has 1 amide bonds. The molecule has 0 saturated carbocycles. The van der Waals surface area contributed by atoms with Gasteiger partial charge < -0.3 is 15.7 Å². The normalized spacial score (nSPS) is 28.1. The average Bonchev–Trinajstić information content (AvgIpc) is 2.18. The SMILES string of the molecule is CC(NC(=O)C1(C)CCCNC1)C(=O)O. The van der Waals surface area contributed by atoms with Gasteiger partial charge in [0.2, 0.25) is 5.91 Å². The molecule has 15 heavy (non-hydrogen) atoms. The maximum absolute atomic E-state index is 11.8. The summed E-state index contributed by atoms with van der Waals surface area (Å²) in [6.07, 6.45) is 1.75. The third-order valence-electron chi connectivity index (χ3n) is 2.86. The first-order valence-electron chi connectivity index (χ1n) is 5.20. The standard InChI is InChI=1S/C10H18N2O3/c1-7(8(13)14)12-9(15)10(2)4-3-5-11-6-10/h7,11H,3-6H2,1-2H3,(H,12,15)(H,13,14). The molecule has 1 aliphatic rings. The van der Waals surface area contributed by atoms with E-state index in [9.17, 15) is 9.59 Å². The van der Waals surface area contributed by atoms with Crippen LogP contribution in [0.15, 0.2) is 0 Å². The van der Waals surface area contributed by atoms with E-state index in [0.717, 1.165) is 19.4 Å². The van der Waals surface area contributed by atoms with Crippen molar-refractivity contribution in [3.8, 4) is 0 Å². The fraction of sp³-hybridized carbons (Fsp3) is 0.800. The van der Waals surface area contributed by atoms with Gasteiger partial charge in [-0.3, -0.25) is 9.59 Å². The van der Waals surface area contributed by atoms with Crippen LogP contribution >= 0.6 is 0 Å². The highest BCUT2D eigenvalue weighted by molar-refractivity contribution is 5.87. The zero-order valence-corrected chi connectivity index (χ0v) is 9.17. The van der Waals surface area contributed by atoms with Crippen molar-refractivity contribution >= 4 is 11.9 Å². The molecule has 0 bridgehead atoms. The van der Waals surface area contributed by atoms with Crippen LogP contribution in [0, 0.1) is 5.41 Å². The molecule has 86 valence electrons. The molecule has 5 nitrogen and oxygen atoms in total. The molecular weight excluding hydrogens is 196 g/mol. The van der Waals surface area contributed by atoms with Crippen molar-refractivity contribution in [2.75, 3.05) is 13.1 Å². The van der Waals surface area contributed by atoms with Crippen LogP contribution in [-0.2, 0) is 9.59 Å². The van der Waals surface area contributed by atoms with Gasteiger partial charge in [-0.05, 0) is 33.2 Å². The van der Waals surface area contributed by atoms with E-state index in [4.69, 9.17) is 5.11 Å². The van der Waals surface area contributed by atoms with E-state index < -0.39 is 17.4 Å². The Morgan fingerprint density at radius 1 is 1.53 bits per heavy atom. The Labute approximate surface area is 89.2 Å². The minimum atomic E-state index is -1.00. The van der Waals surface area contributed by atoms with Gasteiger partial charge in [-0.2, -0.15) is 0 Å². The van der Waals surface area contributed by atoms with Crippen LogP contribution in [0.5, 0.6) is 0 Å². The predicted molar refractivity (Wildman–Crippen MR) is 55.5 cm³/mol. The monoisotopic (exact) mass is 214 g/mol. The Morgan fingerprint density at radius 2 is 2.20 bits per heavy atom. The molecular formula is C10H18N2O3. The second-order valence-electron chi connectivity index (χ2n) is 4.37. The lowest BCUT2D eigenvalue weighted by Gasteiger charge is -2.33. The highest BCUT2D eigenvalue weighted by atomic mass is 16.4. The maximum atomic E-state index is 11.8. The Balaban J connectivity index is 2.55. The third-order valence-corrected chi connectivity index (χ3v) is 2.86. The molecule has 1 heterocycles. The summed E-state index contributed by atoms with van der Waals surface area (Å²) >= 11 is 0. The summed E-state index contributed by atoms with van der Waals surface area (Å²) in [5.74, 6) is -1.18. The smallest absolute Gasteiger partial charge is 0.325 e. The Morgan fingerprint density at radius 3 is 2.67 bits per heavy atom. The Hall–Kier alpha value is -1.10. The van der Waals surface area contributed by atoms with Gasteiger partial charge in [0.05, 0.1) is 5.41 Å². The van der Waals surface area contributed by atoms with E-state index in [0.29, 0.717) is 6.54 Å². The van der Waals surface area contributed by atoms with Crippen LogP contribution in [0.25, 0.3) is 0 Å². The third kappa shape index (κ3) is 2.92. The zero-order valence-electron chi connectivity index (χ0n) is 9.17. The van der Waals surface area contributed by atoms with Crippen LogP contribution in [0.3, 0.4) is 0 Å². The molecule has 5 heteroatoms. The van der Waals surface area contributed by atoms with Crippen molar-refractivity contribution in [3.63, 3.8) is 0 Å². The van der Waals surface area contributed by atoms with Crippen LogP contribution in [0.4, 0.5) is 0 Å². The molecule has 0 spiro atoms. The minimum Gasteiger partial charge on any atom is -0.480 e. The van der Waals surface area contributed by atoms with Crippen LogP contribution < -0.4 is 10.6 Å². The van der Waals surface area contributed by atoms with E-state index >= 15 is 0 Å². The van der Waals surface area contributed by atoms with Crippen LogP contribution in [-0.4, -0.2) is 36.1 Å². The molecule has 2 unspecified atom stereocenters. The highest BCUT2D eigenvalue weighted by Crippen LogP contribution is 2.25. The number of carboxylic acid groups (broad SMARTS) is 1. The second kappa shape index (κ2) is 4.61. The van der Waals surface area contributed by atoms with Crippen molar-refractivity contribution < 1.29 is 14.7 Å². The van der Waals surface area contributed by atoms with Gasteiger partial charge in [0.1, 0.15) is 6.04 Å². The number of hydrogen-bond donors (Lipinski definition) is 3. The summed E-state index contributed by atoms with van der Waals surface area (Å²) in [5.41, 5.74) is -0.470. The van der Waals surface area contributed by atoms with Gasteiger partial charge in [-0.1, -0.05) is 0 Å². The first-order chi connectivity index (χ1) is 6.96. The average molecular weight is 214 g/mol. The highest BCUT2D eigenvalue weighted by Gasteiger charge is 2.35. The van der Waals surface area contributed by atoms with Gasteiger partial charge in [-0.25, -0.2) is 0 Å². The van der Waals surface area contributed by atoms with Gasteiger partial charge in [-0.15, -0.1) is 0 Å². The molecule has 0 radical (unpaired) electrons. The van der Waals surface area contributed by atoms with Crippen LogP contribution in [0.2, 0.25) is 0 Å². The summed E-state index contributed by atoms with van der Waals surface area (Å²) in [5, 5.41) is 14.3. The van der Waals surface area contributed by atoms with E-state index in [-0.39, 0.29) is 5.91 Å². The number of carboxylic acids is 1. The second-order valence-corrected chi connectivity index (χ2v) is 4.37. The van der Waals surface area contributed by atoms with Crippen molar-refractivity contribution in [2.24, 2.45) is 5.41 Å². The van der Waals surface area contributed by atoms with Gasteiger partial charge >= 0.3 is 5.97 Å². The number of amides is 1. The number of carbonyl (C=O) groups is 2. The molecule has 2 atom stereocenters. The molecule has 1 saturated heterocycles. The minimum absolute atomic E-state index is 0.176. The summed E-state index contributed by atoms with van der Waals surface area (Å²) in [6.45, 7) is 4.88. The molecule has 0 aliphatic carbocycles. The fourth-order valence-corrected chi connectivity index (χ4v) is 1.68. The quantitative estimate of drug-likeness (QED) is 0.616. The Bertz CT molecular complexity index is 259. The fourth-order valence-electron chi connectivity index (χ4n) is 1.68. The summed E-state index contributed by atoms with van der Waals surface area (Å²) in [4.78, 5) is 22.4. The van der Waals surface area contributed by atoms with Crippen LogP contribution in [0.1, 0.15) is 26.7 Å². The molecule has 1 rings (SSSR count). The number of hydrogen-bond acceptors (Lipinski definition) is 3. The lowest BCUT2D eigenvalue weighted by molar-refractivity contribution is -0.143. The number of nitrogens with one attached hydrogen (secondary N) is 2. The number of aliphatic carboxylic acids is 1. The summed E-state index contributed by atoms with van der Waals surface area (Å²) in [6, 6.07) is -0.823. The van der Waals surface area contributed by atoms with Crippen molar-refractivity contribution in [1.82, 2.24) is 10.6 Å². The Kier molecular flexibility index (Phi) is 3.68. The van der Waals surface area contributed by atoms with E-state index in [1.54, 1.807) is 0 Å². The summed E-state index contributed by atoms with van der Waals surface area (Å²) in [7, 11) is 0. The van der Waals surface area contributed by atoms with Gasteiger partial charge in [0.15, 0.2) is 0 Å². The lowest BCUT2D eigenvalue weighted by Crippen LogP contribution is -2.52. The first kappa shape index (κ1) is 12.0. The van der Waals surface area contributed by atoms with Crippen molar-refractivity contribution in [2.45, 2.75) is 32.7 Å². The predicted octanol–water partition coefficient (Wildman–Crippen LogP) is -0.0346.